The van der Waals surface area contributed by atoms with E-state index in [1.165, 1.54) is 0 Å². The first-order chi connectivity index (χ1) is 4.41. The smallest absolute Gasteiger partial charge is 1.00 e. The third-order valence-electron chi connectivity index (χ3n) is 0.512. The summed E-state index contributed by atoms with van der Waals surface area (Å²) in [5.41, 5.74) is 0. The summed E-state index contributed by atoms with van der Waals surface area (Å²) in [5.74, 6) is 0. The summed E-state index contributed by atoms with van der Waals surface area (Å²) < 4.78 is 31.6. The van der Waals surface area contributed by atoms with Gasteiger partial charge in [0.25, 0.3) is 0 Å². The molecule has 0 bridgehead atoms. The number of hydrogen-bond acceptors (Lipinski definition) is 3. The van der Waals surface area contributed by atoms with E-state index >= 15 is 0 Å². The molecular formula is C4H13KO5S. The zero-order valence-corrected chi connectivity index (χ0v) is 10.6. The van der Waals surface area contributed by atoms with E-state index in [0.717, 1.165) is 12.8 Å². The van der Waals surface area contributed by atoms with E-state index in [9.17, 15) is 0 Å². The van der Waals surface area contributed by atoms with Crippen molar-refractivity contribution in [3.63, 3.8) is 0 Å². The molecule has 0 aliphatic rings. The molecule has 0 unspecified atom stereocenters. The molecule has 0 spiro atoms. The molecule has 0 aromatic rings. The summed E-state index contributed by atoms with van der Waals surface area (Å²) >= 11 is 0. The summed E-state index contributed by atoms with van der Waals surface area (Å²) in [5, 5.41) is 8.07. The molecule has 0 amide bonds. The Labute approximate surface area is 111 Å². The minimum atomic E-state index is -4.67. The monoisotopic (exact) mass is 212 g/mol. The number of unbranched alkanes of at least 4 members (excludes halogenated alkanes) is 1. The summed E-state index contributed by atoms with van der Waals surface area (Å²) in [6.45, 7) is 2.40. The second-order valence-corrected chi connectivity index (χ2v) is 2.42. The van der Waals surface area contributed by atoms with Gasteiger partial charge >= 0.3 is 61.8 Å². The van der Waals surface area contributed by atoms with Crippen molar-refractivity contribution in [2.75, 3.05) is 6.61 Å². The predicted octanol–water partition coefficient (Wildman–Crippen LogP) is -2.76. The first kappa shape index (κ1) is 18.3. The van der Waals surface area contributed by atoms with Crippen LogP contribution in [0.15, 0.2) is 0 Å². The van der Waals surface area contributed by atoms with E-state index in [1.807, 2.05) is 0 Å². The Morgan fingerprint density at radius 3 is 1.64 bits per heavy atom. The molecule has 0 aromatic carbocycles. The van der Waals surface area contributed by atoms with Crippen LogP contribution >= 0.6 is 0 Å². The molecule has 5 nitrogen and oxygen atoms in total. The van der Waals surface area contributed by atoms with Gasteiger partial charge in [0.05, 0.1) is 0 Å². The maximum atomic E-state index is 8.74. The molecule has 0 radical (unpaired) electrons. The SMILES string of the molecule is CCCCO.O=S(=O)(O)O.[H-].[K+]. The van der Waals surface area contributed by atoms with Crippen molar-refractivity contribution >= 4 is 10.4 Å². The standard InChI is InChI=1S/C4H10O.K.H2O4S.H/c1-2-3-4-5;;1-5(2,3)4;/h5H,2-4H2,1H3;;(H2,1,2,3,4);/q;+1;;-1. The Morgan fingerprint density at radius 1 is 1.36 bits per heavy atom. The zero-order valence-electron chi connectivity index (χ0n) is 7.69. The van der Waals surface area contributed by atoms with Crippen molar-refractivity contribution in [1.82, 2.24) is 0 Å². The Hall–Kier alpha value is 1.47. The molecule has 0 fully saturated rings. The number of rotatable bonds is 2. The van der Waals surface area contributed by atoms with Crippen molar-refractivity contribution < 1.29 is 75.4 Å². The van der Waals surface area contributed by atoms with Gasteiger partial charge in [-0.1, -0.05) is 13.3 Å². The third-order valence-corrected chi connectivity index (χ3v) is 0.512. The fraction of sp³-hybridized carbons (Fsp3) is 1.00. The minimum absolute atomic E-state index is 0. The van der Waals surface area contributed by atoms with E-state index in [4.69, 9.17) is 22.6 Å². The second kappa shape index (κ2) is 11.5. The molecule has 0 heterocycles. The normalized spacial score (nSPS) is 9.09. The van der Waals surface area contributed by atoms with Gasteiger partial charge in [-0.05, 0) is 6.42 Å². The van der Waals surface area contributed by atoms with Gasteiger partial charge in [-0.2, -0.15) is 8.42 Å². The van der Waals surface area contributed by atoms with Gasteiger partial charge in [-0.25, -0.2) is 0 Å². The average molecular weight is 212 g/mol. The minimum Gasteiger partial charge on any atom is -1.00 e. The summed E-state index contributed by atoms with van der Waals surface area (Å²) in [4.78, 5) is 0. The molecule has 0 rings (SSSR count). The largest absolute Gasteiger partial charge is 1.00 e. The van der Waals surface area contributed by atoms with E-state index in [0.29, 0.717) is 6.61 Å². The van der Waals surface area contributed by atoms with Crippen LogP contribution in [-0.4, -0.2) is 29.2 Å². The number of aliphatic hydroxyl groups is 1. The van der Waals surface area contributed by atoms with Crippen molar-refractivity contribution in [1.29, 1.82) is 0 Å². The first-order valence-electron chi connectivity index (χ1n) is 2.72. The molecule has 0 atom stereocenters. The maximum Gasteiger partial charge on any atom is 1.00 e. The molecule has 0 aromatic heterocycles. The Bertz CT molecular complexity index is 138. The van der Waals surface area contributed by atoms with Crippen LogP contribution in [-0.2, 0) is 10.4 Å². The zero-order chi connectivity index (χ0) is 8.62. The Balaban J connectivity index is -0.0000000457. The van der Waals surface area contributed by atoms with E-state index in [1.54, 1.807) is 0 Å². The van der Waals surface area contributed by atoms with Crippen LogP contribution in [0.2, 0.25) is 0 Å². The molecule has 0 aliphatic heterocycles. The summed E-state index contributed by atoms with van der Waals surface area (Å²) in [6.07, 6.45) is 2.04. The first-order valence-corrected chi connectivity index (χ1v) is 4.12. The van der Waals surface area contributed by atoms with Gasteiger partial charge in [-0.3, -0.25) is 9.11 Å². The van der Waals surface area contributed by atoms with E-state index < -0.39 is 10.4 Å². The molecule has 11 heavy (non-hydrogen) atoms. The Morgan fingerprint density at radius 2 is 1.64 bits per heavy atom. The van der Waals surface area contributed by atoms with Gasteiger partial charge in [0.1, 0.15) is 0 Å². The third kappa shape index (κ3) is 85.5. The number of aliphatic hydroxyl groups excluding tert-OH is 1. The van der Waals surface area contributed by atoms with Crippen LogP contribution in [0.5, 0.6) is 0 Å². The van der Waals surface area contributed by atoms with Crippen LogP contribution in [0.1, 0.15) is 21.2 Å². The van der Waals surface area contributed by atoms with Crippen molar-refractivity contribution in [2.24, 2.45) is 0 Å². The fourth-order valence-corrected chi connectivity index (χ4v) is 0.158. The molecular weight excluding hydrogens is 199 g/mol. The quantitative estimate of drug-likeness (QED) is 0.340. The molecule has 7 heteroatoms. The van der Waals surface area contributed by atoms with Crippen LogP contribution in [0.4, 0.5) is 0 Å². The average Bonchev–Trinajstić information content (AvgIpc) is 1.63. The molecule has 3 N–H and O–H groups in total. The van der Waals surface area contributed by atoms with Crippen LogP contribution in [0.25, 0.3) is 0 Å². The summed E-state index contributed by atoms with van der Waals surface area (Å²) in [7, 11) is -4.67. The van der Waals surface area contributed by atoms with Crippen LogP contribution < -0.4 is 51.4 Å². The predicted molar refractivity (Wildman–Crippen MR) is 37.3 cm³/mol. The van der Waals surface area contributed by atoms with E-state index in [2.05, 4.69) is 6.92 Å². The van der Waals surface area contributed by atoms with Crippen molar-refractivity contribution in [3.05, 3.63) is 0 Å². The Kier molecular flexibility index (Phi) is 19.1. The molecule has 0 saturated heterocycles. The van der Waals surface area contributed by atoms with Gasteiger partial charge in [-0.15, -0.1) is 0 Å². The maximum absolute atomic E-state index is 8.74. The topological polar surface area (TPSA) is 94.8 Å². The molecule has 66 valence electrons. The molecule has 0 aliphatic carbocycles. The van der Waals surface area contributed by atoms with Gasteiger partial charge < -0.3 is 6.53 Å². The number of hydrogen-bond donors (Lipinski definition) is 3. The van der Waals surface area contributed by atoms with Gasteiger partial charge in [0.15, 0.2) is 0 Å². The second-order valence-electron chi connectivity index (χ2n) is 1.52. The van der Waals surface area contributed by atoms with Crippen molar-refractivity contribution in [3.8, 4) is 0 Å². The van der Waals surface area contributed by atoms with Crippen LogP contribution in [0.3, 0.4) is 0 Å². The summed E-state index contributed by atoms with van der Waals surface area (Å²) in [6, 6.07) is 0. The van der Waals surface area contributed by atoms with Gasteiger partial charge in [0, 0.05) is 6.61 Å². The van der Waals surface area contributed by atoms with E-state index in [-0.39, 0.29) is 52.8 Å². The fourth-order valence-electron chi connectivity index (χ4n) is 0.158. The van der Waals surface area contributed by atoms with Crippen LogP contribution in [0, 0.1) is 0 Å². The van der Waals surface area contributed by atoms with Crippen molar-refractivity contribution in [2.45, 2.75) is 19.8 Å². The van der Waals surface area contributed by atoms with Gasteiger partial charge in [0.2, 0.25) is 0 Å². The molecule has 0 saturated carbocycles.